The Morgan fingerprint density at radius 2 is 1.95 bits per heavy atom. The third kappa shape index (κ3) is 6.55. The number of carbonyl (C=O) groups excluding carboxylic acids is 3. The molecule has 194 valence electrons. The smallest absolute Gasteiger partial charge is 0.310 e. The Kier molecular flexibility index (Phi) is 8.56. The average molecular weight is 506 g/mol. The van der Waals surface area contributed by atoms with E-state index in [2.05, 4.69) is 10.5 Å². The summed E-state index contributed by atoms with van der Waals surface area (Å²) < 4.78 is 15.8. The van der Waals surface area contributed by atoms with Gasteiger partial charge >= 0.3 is 5.97 Å². The van der Waals surface area contributed by atoms with Crippen molar-refractivity contribution >= 4 is 17.8 Å². The van der Waals surface area contributed by atoms with Crippen LogP contribution in [0.2, 0.25) is 0 Å². The lowest BCUT2D eigenvalue weighted by molar-refractivity contribution is -0.151. The van der Waals surface area contributed by atoms with Crippen LogP contribution in [0, 0.1) is 5.92 Å². The van der Waals surface area contributed by atoms with Gasteiger partial charge in [-0.2, -0.15) is 0 Å². The second kappa shape index (κ2) is 12.2. The number of nitrogens with one attached hydrogen (secondary N) is 1. The molecule has 0 saturated carbocycles. The molecule has 0 radical (unpaired) electrons. The van der Waals surface area contributed by atoms with Crippen molar-refractivity contribution in [1.29, 1.82) is 0 Å². The summed E-state index contributed by atoms with van der Waals surface area (Å²) in [6.45, 7) is 2.84. The lowest BCUT2D eigenvalue weighted by atomic mass is 9.96. The second-order valence-electron chi connectivity index (χ2n) is 8.90. The predicted molar refractivity (Wildman–Crippen MR) is 136 cm³/mol. The van der Waals surface area contributed by atoms with E-state index in [9.17, 15) is 14.4 Å². The maximum atomic E-state index is 13.6. The van der Waals surface area contributed by atoms with E-state index in [0.717, 1.165) is 5.56 Å². The molecule has 4 rings (SSSR count). The number of methoxy groups -OCH3 is 1. The largest absolute Gasteiger partial charge is 0.497 e. The van der Waals surface area contributed by atoms with Crippen LogP contribution in [-0.2, 0) is 20.7 Å². The fourth-order valence-corrected chi connectivity index (χ4v) is 4.43. The highest BCUT2D eigenvalue weighted by Gasteiger charge is 2.33. The SMILES string of the molecule is CCOC(=O)[C@H]1CCCN(C(=O)[C@@H](Cc2ccccc2)NC(=O)c2cc(-c3cccc(OC)c3)on2)C1. The summed E-state index contributed by atoms with van der Waals surface area (Å²) in [7, 11) is 1.57. The van der Waals surface area contributed by atoms with Gasteiger partial charge in [0.05, 0.1) is 19.6 Å². The van der Waals surface area contributed by atoms with Gasteiger partial charge in [0.2, 0.25) is 5.91 Å². The minimum atomic E-state index is -0.840. The zero-order valence-electron chi connectivity index (χ0n) is 21.0. The molecule has 0 unspecified atom stereocenters. The number of aromatic nitrogens is 1. The first-order valence-electron chi connectivity index (χ1n) is 12.4. The number of hydrogen-bond acceptors (Lipinski definition) is 7. The van der Waals surface area contributed by atoms with Crippen LogP contribution in [0.5, 0.6) is 5.75 Å². The number of likely N-dealkylation sites (tertiary alicyclic amines) is 1. The van der Waals surface area contributed by atoms with E-state index in [1.54, 1.807) is 31.1 Å². The summed E-state index contributed by atoms with van der Waals surface area (Å²) in [6, 6.07) is 17.4. The highest BCUT2D eigenvalue weighted by Crippen LogP contribution is 2.25. The van der Waals surface area contributed by atoms with Crippen molar-refractivity contribution in [3.05, 3.63) is 71.9 Å². The number of esters is 1. The minimum absolute atomic E-state index is 0.0618. The van der Waals surface area contributed by atoms with Gasteiger partial charge in [0, 0.05) is 31.1 Å². The van der Waals surface area contributed by atoms with Crippen LogP contribution in [0.15, 0.2) is 65.2 Å². The first kappa shape index (κ1) is 25.9. The standard InChI is InChI=1S/C28H31N3O6/c1-3-36-28(34)21-12-8-14-31(18-21)27(33)24(15-19-9-5-4-6-10-19)29-26(32)23-17-25(37-30-23)20-11-7-13-22(16-20)35-2/h4-7,9-11,13,16-17,21,24H,3,8,12,14-15,18H2,1-2H3,(H,29,32)/t21-,24+/m0/s1. The molecule has 1 aliphatic heterocycles. The second-order valence-corrected chi connectivity index (χ2v) is 8.90. The number of amides is 2. The molecule has 1 aliphatic rings. The summed E-state index contributed by atoms with van der Waals surface area (Å²) >= 11 is 0. The van der Waals surface area contributed by atoms with Crippen molar-refractivity contribution in [3.63, 3.8) is 0 Å². The Morgan fingerprint density at radius 3 is 2.70 bits per heavy atom. The van der Waals surface area contributed by atoms with Crippen molar-refractivity contribution < 1.29 is 28.4 Å². The molecule has 2 aromatic carbocycles. The molecule has 3 aromatic rings. The van der Waals surface area contributed by atoms with Crippen molar-refractivity contribution in [1.82, 2.24) is 15.4 Å². The van der Waals surface area contributed by atoms with Crippen molar-refractivity contribution in [2.75, 3.05) is 26.8 Å². The molecule has 1 fully saturated rings. The van der Waals surface area contributed by atoms with Crippen LogP contribution in [0.25, 0.3) is 11.3 Å². The predicted octanol–water partition coefficient (Wildman–Crippen LogP) is 3.49. The van der Waals surface area contributed by atoms with Crippen molar-refractivity contribution in [2.24, 2.45) is 5.92 Å². The summed E-state index contributed by atoms with van der Waals surface area (Å²) in [4.78, 5) is 40.7. The van der Waals surface area contributed by atoms with Gasteiger partial charge in [0.15, 0.2) is 11.5 Å². The summed E-state index contributed by atoms with van der Waals surface area (Å²) in [5, 5.41) is 6.76. The van der Waals surface area contributed by atoms with Crippen LogP contribution < -0.4 is 10.1 Å². The Hall–Kier alpha value is -4.14. The lowest BCUT2D eigenvalue weighted by Gasteiger charge is -2.34. The summed E-state index contributed by atoms with van der Waals surface area (Å²) in [6.07, 6.45) is 1.66. The van der Waals surface area contributed by atoms with Crippen LogP contribution in [0.4, 0.5) is 0 Å². The molecule has 2 amide bonds. The maximum Gasteiger partial charge on any atom is 0.310 e. The van der Waals surface area contributed by atoms with E-state index in [1.807, 2.05) is 42.5 Å². The van der Waals surface area contributed by atoms with E-state index in [4.69, 9.17) is 14.0 Å². The molecule has 1 aromatic heterocycles. The lowest BCUT2D eigenvalue weighted by Crippen LogP contribution is -2.53. The highest BCUT2D eigenvalue weighted by molar-refractivity contribution is 5.97. The topological polar surface area (TPSA) is 111 Å². The van der Waals surface area contributed by atoms with E-state index in [-0.39, 0.29) is 30.0 Å². The molecule has 1 saturated heterocycles. The zero-order valence-corrected chi connectivity index (χ0v) is 21.0. The summed E-state index contributed by atoms with van der Waals surface area (Å²) in [5.41, 5.74) is 1.67. The molecule has 0 bridgehead atoms. The number of hydrogen-bond donors (Lipinski definition) is 1. The van der Waals surface area contributed by atoms with Gasteiger partial charge in [-0.25, -0.2) is 0 Å². The van der Waals surface area contributed by atoms with Gasteiger partial charge in [0.1, 0.15) is 11.8 Å². The molecule has 2 heterocycles. The molecule has 9 nitrogen and oxygen atoms in total. The highest BCUT2D eigenvalue weighted by atomic mass is 16.5. The molecule has 37 heavy (non-hydrogen) atoms. The number of ether oxygens (including phenoxy) is 2. The van der Waals surface area contributed by atoms with Crippen LogP contribution in [0.3, 0.4) is 0 Å². The monoisotopic (exact) mass is 505 g/mol. The van der Waals surface area contributed by atoms with Crippen LogP contribution in [-0.4, -0.2) is 60.7 Å². The zero-order chi connectivity index (χ0) is 26.2. The van der Waals surface area contributed by atoms with Gasteiger partial charge in [-0.15, -0.1) is 0 Å². The van der Waals surface area contributed by atoms with Gasteiger partial charge in [-0.05, 0) is 37.5 Å². The molecule has 2 atom stereocenters. The molecule has 0 spiro atoms. The first-order chi connectivity index (χ1) is 18.0. The van der Waals surface area contributed by atoms with Gasteiger partial charge in [-0.1, -0.05) is 47.6 Å². The molecule has 0 aliphatic carbocycles. The third-order valence-corrected chi connectivity index (χ3v) is 6.34. The molecular formula is C28H31N3O6. The molecular weight excluding hydrogens is 474 g/mol. The van der Waals surface area contributed by atoms with Crippen molar-refractivity contribution in [3.8, 4) is 17.1 Å². The quantitative estimate of drug-likeness (QED) is 0.443. The normalized spacial score (nSPS) is 16.1. The number of benzene rings is 2. The van der Waals surface area contributed by atoms with E-state index in [1.165, 1.54) is 6.07 Å². The summed E-state index contributed by atoms with van der Waals surface area (Å²) in [5.74, 6) is -0.378. The van der Waals surface area contributed by atoms with Gasteiger partial charge < -0.3 is 24.2 Å². The Labute approximate surface area is 215 Å². The van der Waals surface area contributed by atoms with E-state index in [0.29, 0.717) is 49.5 Å². The third-order valence-electron chi connectivity index (χ3n) is 6.34. The van der Waals surface area contributed by atoms with Crippen LogP contribution in [0.1, 0.15) is 35.8 Å². The number of rotatable bonds is 9. The van der Waals surface area contributed by atoms with Crippen molar-refractivity contribution in [2.45, 2.75) is 32.2 Å². The molecule has 1 N–H and O–H groups in total. The fraction of sp³-hybridized carbons (Fsp3) is 0.357. The number of nitrogens with zero attached hydrogens (tertiary/aromatic N) is 2. The number of piperidine rings is 1. The average Bonchev–Trinajstić information content (AvgIpc) is 3.44. The Bertz CT molecular complexity index is 1230. The first-order valence-corrected chi connectivity index (χ1v) is 12.4. The maximum absolute atomic E-state index is 13.6. The van der Waals surface area contributed by atoms with Crippen LogP contribution >= 0.6 is 0 Å². The van der Waals surface area contributed by atoms with Gasteiger partial charge in [-0.3, -0.25) is 14.4 Å². The van der Waals surface area contributed by atoms with E-state index < -0.39 is 11.9 Å². The molecule has 9 heteroatoms. The Balaban J connectivity index is 1.51. The minimum Gasteiger partial charge on any atom is -0.497 e. The van der Waals surface area contributed by atoms with E-state index >= 15 is 0 Å². The Morgan fingerprint density at radius 1 is 1.14 bits per heavy atom. The van der Waals surface area contributed by atoms with Gasteiger partial charge in [0.25, 0.3) is 5.91 Å². The number of carbonyl (C=O) groups is 3. The fourth-order valence-electron chi connectivity index (χ4n) is 4.43.